The number of aromatic nitrogens is 1. The quantitative estimate of drug-likeness (QED) is 0.517. The molecule has 110 valence electrons. The molecule has 1 aromatic carbocycles. The molecular formula is C13H11Cl2N3O2S. The third kappa shape index (κ3) is 3.93. The van der Waals surface area contributed by atoms with Crippen molar-refractivity contribution in [3.63, 3.8) is 0 Å². The number of hydrogen-bond acceptors (Lipinski definition) is 6. The van der Waals surface area contributed by atoms with Crippen LogP contribution in [0.25, 0.3) is 0 Å². The Morgan fingerprint density at radius 2 is 2.19 bits per heavy atom. The largest absolute Gasteiger partial charge is 0.465 e. The topological polar surface area (TPSA) is 63.6 Å². The van der Waals surface area contributed by atoms with Gasteiger partial charge in [-0.2, -0.15) is 5.10 Å². The molecule has 0 radical (unpaired) electrons. The van der Waals surface area contributed by atoms with E-state index in [2.05, 4.69) is 20.2 Å². The van der Waals surface area contributed by atoms with E-state index in [1.165, 1.54) is 18.4 Å². The van der Waals surface area contributed by atoms with Gasteiger partial charge in [-0.3, -0.25) is 5.43 Å². The van der Waals surface area contributed by atoms with Crippen molar-refractivity contribution in [1.82, 2.24) is 4.98 Å². The van der Waals surface area contributed by atoms with E-state index < -0.39 is 5.97 Å². The number of aryl methyl sites for hydroxylation is 1. The summed E-state index contributed by atoms with van der Waals surface area (Å²) in [4.78, 5) is 16.1. The first kappa shape index (κ1) is 15.8. The fourth-order valence-electron chi connectivity index (χ4n) is 1.48. The zero-order chi connectivity index (χ0) is 15.4. The van der Waals surface area contributed by atoms with Gasteiger partial charge < -0.3 is 4.74 Å². The minimum atomic E-state index is -0.411. The van der Waals surface area contributed by atoms with Crippen LogP contribution in [-0.4, -0.2) is 24.3 Å². The van der Waals surface area contributed by atoms with Crippen LogP contribution in [0.4, 0.5) is 5.13 Å². The molecule has 21 heavy (non-hydrogen) atoms. The lowest BCUT2D eigenvalue weighted by Gasteiger charge is -1.97. The molecule has 5 nitrogen and oxygen atoms in total. The fraction of sp³-hybridized carbons (Fsp3) is 0.154. The van der Waals surface area contributed by atoms with Crippen molar-refractivity contribution in [3.8, 4) is 0 Å². The molecule has 0 fully saturated rings. The van der Waals surface area contributed by atoms with Gasteiger partial charge in [0, 0.05) is 0 Å². The molecule has 0 aliphatic heterocycles. The Labute approximate surface area is 135 Å². The maximum Gasteiger partial charge on any atom is 0.350 e. The number of nitrogens with zero attached hydrogens (tertiary/aromatic N) is 2. The first-order valence-corrected chi connectivity index (χ1v) is 7.38. The number of hydrazone groups is 1. The Balaban J connectivity index is 2.07. The second-order valence-electron chi connectivity index (χ2n) is 3.97. The monoisotopic (exact) mass is 343 g/mol. The molecule has 1 heterocycles. The summed E-state index contributed by atoms with van der Waals surface area (Å²) in [6.45, 7) is 1.73. The summed E-state index contributed by atoms with van der Waals surface area (Å²) in [7, 11) is 1.33. The molecule has 0 unspecified atom stereocenters. The molecule has 1 N–H and O–H groups in total. The third-order valence-corrected chi connectivity index (χ3v) is 4.27. The minimum Gasteiger partial charge on any atom is -0.465 e. The van der Waals surface area contributed by atoms with Gasteiger partial charge >= 0.3 is 5.97 Å². The van der Waals surface area contributed by atoms with Gasteiger partial charge in [-0.05, 0) is 24.6 Å². The number of esters is 1. The van der Waals surface area contributed by atoms with E-state index in [1.807, 2.05) is 0 Å². The van der Waals surface area contributed by atoms with Gasteiger partial charge in [0.15, 0.2) is 0 Å². The Morgan fingerprint density at radius 3 is 2.86 bits per heavy atom. The van der Waals surface area contributed by atoms with Crippen LogP contribution >= 0.6 is 34.5 Å². The van der Waals surface area contributed by atoms with Crippen molar-refractivity contribution in [2.75, 3.05) is 12.5 Å². The van der Waals surface area contributed by atoms with E-state index in [0.717, 1.165) is 5.56 Å². The Hall–Kier alpha value is -1.63. The lowest BCUT2D eigenvalue weighted by molar-refractivity contribution is 0.0605. The number of thiazole rings is 1. The number of hydrogen-bond donors (Lipinski definition) is 1. The average molecular weight is 344 g/mol. The van der Waals surface area contributed by atoms with Gasteiger partial charge in [0.1, 0.15) is 4.88 Å². The molecule has 0 aliphatic carbocycles. The number of halogens is 2. The average Bonchev–Trinajstić information content (AvgIpc) is 2.83. The van der Waals surface area contributed by atoms with E-state index in [0.29, 0.717) is 25.7 Å². The van der Waals surface area contributed by atoms with Crippen molar-refractivity contribution >= 4 is 51.9 Å². The molecule has 8 heteroatoms. The van der Waals surface area contributed by atoms with E-state index in [1.54, 1.807) is 31.3 Å². The highest BCUT2D eigenvalue weighted by Crippen LogP contribution is 2.24. The molecule has 0 saturated heterocycles. The summed E-state index contributed by atoms with van der Waals surface area (Å²) in [5.74, 6) is -0.411. The van der Waals surface area contributed by atoms with Crippen molar-refractivity contribution in [2.45, 2.75) is 6.92 Å². The highest BCUT2D eigenvalue weighted by atomic mass is 35.5. The molecule has 0 spiro atoms. The SMILES string of the molecule is COC(=O)c1sc(N/N=C/c2ccc(Cl)c(Cl)c2)nc1C. The summed E-state index contributed by atoms with van der Waals surface area (Å²) in [6.07, 6.45) is 1.58. The molecular weight excluding hydrogens is 333 g/mol. The van der Waals surface area contributed by atoms with Crippen LogP contribution in [0.2, 0.25) is 10.0 Å². The molecule has 1 aromatic heterocycles. The molecule has 0 bridgehead atoms. The molecule has 2 rings (SSSR count). The first-order chi connectivity index (χ1) is 10.0. The lowest BCUT2D eigenvalue weighted by Crippen LogP contribution is -1.99. The third-order valence-electron chi connectivity index (χ3n) is 2.48. The van der Waals surface area contributed by atoms with Crippen LogP contribution in [0, 0.1) is 6.92 Å². The smallest absolute Gasteiger partial charge is 0.350 e. The molecule has 0 amide bonds. The molecule has 0 atom stereocenters. The van der Waals surface area contributed by atoms with Gasteiger partial charge in [0.25, 0.3) is 0 Å². The lowest BCUT2D eigenvalue weighted by atomic mass is 10.2. The number of methoxy groups -OCH3 is 1. The summed E-state index contributed by atoms with van der Waals surface area (Å²) in [5, 5.41) is 5.49. The summed E-state index contributed by atoms with van der Waals surface area (Å²) in [6, 6.07) is 5.17. The fourth-order valence-corrected chi connectivity index (χ4v) is 2.62. The summed E-state index contributed by atoms with van der Waals surface area (Å²) >= 11 is 12.9. The number of ether oxygens (including phenoxy) is 1. The second kappa shape index (κ2) is 6.89. The van der Waals surface area contributed by atoms with Crippen LogP contribution in [0.5, 0.6) is 0 Å². The highest BCUT2D eigenvalue weighted by molar-refractivity contribution is 7.17. The number of benzene rings is 1. The van der Waals surface area contributed by atoms with Gasteiger partial charge in [-0.15, -0.1) is 0 Å². The molecule has 0 aliphatic rings. The maximum absolute atomic E-state index is 11.5. The van der Waals surface area contributed by atoms with Gasteiger partial charge in [0.05, 0.1) is 29.1 Å². The Morgan fingerprint density at radius 1 is 1.43 bits per heavy atom. The molecule has 0 saturated carbocycles. The zero-order valence-electron chi connectivity index (χ0n) is 11.2. The highest BCUT2D eigenvalue weighted by Gasteiger charge is 2.15. The Kier molecular flexibility index (Phi) is 5.17. The Bertz CT molecular complexity index is 701. The van der Waals surface area contributed by atoms with Crippen LogP contribution in [-0.2, 0) is 4.74 Å². The van der Waals surface area contributed by atoms with Crippen LogP contribution in [0.15, 0.2) is 23.3 Å². The normalized spacial score (nSPS) is 10.9. The number of rotatable bonds is 4. The molecule has 2 aromatic rings. The second-order valence-corrected chi connectivity index (χ2v) is 5.78. The van der Waals surface area contributed by atoms with Gasteiger partial charge in [-0.25, -0.2) is 9.78 Å². The van der Waals surface area contributed by atoms with Crippen LogP contribution in [0.3, 0.4) is 0 Å². The number of carbonyl (C=O) groups is 1. The summed E-state index contributed by atoms with van der Waals surface area (Å²) in [5.41, 5.74) is 4.15. The predicted molar refractivity (Wildman–Crippen MR) is 85.9 cm³/mol. The van der Waals surface area contributed by atoms with Crippen molar-refractivity contribution in [2.24, 2.45) is 5.10 Å². The summed E-state index contributed by atoms with van der Waals surface area (Å²) < 4.78 is 4.67. The van der Waals surface area contributed by atoms with Crippen molar-refractivity contribution in [1.29, 1.82) is 0 Å². The van der Waals surface area contributed by atoms with E-state index in [-0.39, 0.29) is 0 Å². The van der Waals surface area contributed by atoms with E-state index in [9.17, 15) is 4.79 Å². The van der Waals surface area contributed by atoms with Crippen molar-refractivity contribution < 1.29 is 9.53 Å². The van der Waals surface area contributed by atoms with Crippen LogP contribution in [0.1, 0.15) is 20.9 Å². The van der Waals surface area contributed by atoms with Gasteiger partial charge in [0.2, 0.25) is 5.13 Å². The number of anilines is 1. The van der Waals surface area contributed by atoms with Crippen molar-refractivity contribution in [3.05, 3.63) is 44.4 Å². The van der Waals surface area contributed by atoms with E-state index >= 15 is 0 Å². The van der Waals surface area contributed by atoms with Crippen LogP contribution < -0.4 is 5.43 Å². The van der Waals surface area contributed by atoms with Gasteiger partial charge in [-0.1, -0.05) is 40.6 Å². The van der Waals surface area contributed by atoms with E-state index in [4.69, 9.17) is 23.2 Å². The minimum absolute atomic E-state index is 0.411. The standard InChI is InChI=1S/C13H11Cl2N3O2S/c1-7-11(12(19)20-2)21-13(17-7)18-16-6-8-3-4-9(14)10(15)5-8/h3-6H,1-2H3,(H,17,18)/b16-6+. The maximum atomic E-state index is 11.5. The predicted octanol–water partition coefficient (Wildman–Crippen LogP) is 3.99. The zero-order valence-corrected chi connectivity index (χ0v) is 13.5. The number of nitrogens with one attached hydrogen (secondary N) is 1. The first-order valence-electron chi connectivity index (χ1n) is 5.81. The number of carbonyl (C=O) groups excluding carboxylic acids is 1.